The molecular formula is C18H12ClF3N4O2S. The minimum absolute atomic E-state index is 0.0996. The molecule has 0 bridgehead atoms. The average Bonchev–Trinajstić information content (AvgIpc) is 3.22. The van der Waals surface area contributed by atoms with Crippen molar-refractivity contribution in [3.8, 4) is 11.8 Å². The Hall–Kier alpha value is -2.90. The Labute approximate surface area is 171 Å². The highest BCUT2D eigenvalue weighted by atomic mass is 35.5. The second kappa shape index (κ2) is 8.63. The molecule has 0 saturated heterocycles. The van der Waals surface area contributed by atoms with Crippen LogP contribution in [0.2, 0.25) is 4.34 Å². The number of Topliss-reactive ketones (excluding diaryl/α,β-unsaturated/α-hetero) is 1. The minimum atomic E-state index is -2.83. The molecule has 0 fully saturated rings. The molecule has 0 unspecified atom stereocenters. The molecule has 0 amide bonds. The highest BCUT2D eigenvalue weighted by Crippen LogP contribution is 2.28. The summed E-state index contributed by atoms with van der Waals surface area (Å²) in [5, 5.41) is 4.01. The van der Waals surface area contributed by atoms with E-state index >= 15 is 0 Å². The fraction of sp³-hybridized carbons (Fsp3) is 0.222. The first-order valence-electron chi connectivity index (χ1n) is 8.10. The van der Waals surface area contributed by atoms with E-state index in [1.54, 1.807) is 7.05 Å². The number of aromatic nitrogens is 4. The van der Waals surface area contributed by atoms with Crippen LogP contribution in [0.5, 0.6) is 0 Å². The molecule has 6 nitrogen and oxygen atoms in total. The number of nitrogens with zero attached hydrogens (tertiary/aromatic N) is 4. The van der Waals surface area contributed by atoms with Gasteiger partial charge in [-0.2, -0.15) is 0 Å². The minimum Gasteiger partial charge on any atom is -0.307 e. The number of carbonyl (C=O) groups is 1. The molecule has 3 aromatic rings. The Kier molecular flexibility index (Phi) is 6.20. The SMILES string of the molecule is Cn1cnc(C#Cc2cc(C(=O)Cc3cc(F)c(=O)n(CC(F)F)c3)sc2Cl)n1. The molecule has 29 heavy (non-hydrogen) atoms. The van der Waals surface area contributed by atoms with Crippen molar-refractivity contribution in [1.82, 2.24) is 19.3 Å². The second-order valence-corrected chi connectivity index (χ2v) is 7.59. The first-order valence-corrected chi connectivity index (χ1v) is 9.29. The number of ketones is 1. The van der Waals surface area contributed by atoms with Gasteiger partial charge in [0.15, 0.2) is 11.6 Å². The van der Waals surface area contributed by atoms with Crippen molar-refractivity contribution in [3.63, 3.8) is 0 Å². The van der Waals surface area contributed by atoms with Crippen molar-refractivity contribution in [2.45, 2.75) is 19.4 Å². The molecule has 150 valence electrons. The summed E-state index contributed by atoms with van der Waals surface area (Å²) in [6.45, 7) is -0.954. The average molecular weight is 441 g/mol. The second-order valence-electron chi connectivity index (χ2n) is 5.93. The predicted molar refractivity (Wildman–Crippen MR) is 101 cm³/mol. The van der Waals surface area contributed by atoms with Crippen molar-refractivity contribution in [2.75, 3.05) is 0 Å². The Morgan fingerprint density at radius 2 is 2.10 bits per heavy atom. The normalized spacial score (nSPS) is 10.8. The van der Waals surface area contributed by atoms with E-state index in [9.17, 15) is 22.8 Å². The summed E-state index contributed by atoms with van der Waals surface area (Å²) in [4.78, 5) is 28.3. The van der Waals surface area contributed by atoms with E-state index in [4.69, 9.17) is 11.6 Å². The van der Waals surface area contributed by atoms with Crippen LogP contribution in [0.25, 0.3) is 0 Å². The molecule has 3 rings (SSSR count). The number of alkyl halides is 2. The van der Waals surface area contributed by atoms with Crippen molar-refractivity contribution in [2.24, 2.45) is 7.05 Å². The molecule has 0 atom stereocenters. The molecule has 0 aliphatic rings. The predicted octanol–water partition coefficient (Wildman–Crippen LogP) is 2.92. The Morgan fingerprint density at radius 1 is 1.34 bits per heavy atom. The third-order valence-corrected chi connectivity index (χ3v) is 5.07. The zero-order valence-electron chi connectivity index (χ0n) is 14.8. The van der Waals surface area contributed by atoms with Crippen molar-refractivity contribution < 1.29 is 18.0 Å². The van der Waals surface area contributed by atoms with Crippen LogP contribution in [0, 0.1) is 17.7 Å². The van der Waals surface area contributed by atoms with Crippen LogP contribution in [0.4, 0.5) is 13.2 Å². The number of hydrogen-bond acceptors (Lipinski definition) is 5. The fourth-order valence-electron chi connectivity index (χ4n) is 2.42. The van der Waals surface area contributed by atoms with Crippen molar-refractivity contribution in [1.29, 1.82) is 0 Å². The maximum absolute atomic E-state index is 13.7. The molecule has 11 heteroatoms. The van der Waals surface area contributed by atoms with Gasteiger partial charge in [0.05, 0.1) is 17.0 Å². The Bertz CT molecular complexity index is 1190. The summed E-state index contributed by atoms with van der Waals surface area (Å²) >= 11 is 7.11. The van der Waals surface area contributed by atoms with Crippen LogP contribution in [0.3, 0.4) is 0 Å². The van der Waals surface area contributed by atoms with Gasteiger partial charge in [-0.05, 0) is 23.6 Å². The van der Waals surface area contributed by atoms with Crippen molar-refractivity contribution in [3.05, 3.63) is 67.0 Å². The van der Waals surface area contributed by atoms with Crippen LogP contribution in [0.15, 0.2) is 29.5 Å². The van der Waals surface area contributed by atoms with Gasteiger partial charge in [-0.25, -0.2) is 18.2 Å². The van der Waals surface area contributed by atoms with E-state index < -0.39 is 30.1 Å². The third kappa shape index (κ3) is 5.13. The van der Waals surface area contributed by atoms with E-state index in [0.717, 1.165) is 23.6 Å². The summed E-state index contributed by atoms with van der Waals surface area (Å²) in [5.74, 6) is 4.18. The monoisotopic (exact) mass is 440 g/mol. The van der Waals surface area contributed by atoms with Crippen molar-refractivity contribution >= 4 is 28.7 Å². The van der Waals surface area contributed by atoms with Gasteiger partial charge in [0, 0.05) is 19.7 Å². The lowest BCUT2D eigenvalue weighted by atomic mass is 10.1. The van der Waals surface area contributed by atoms with Gasteiger partial charge >= 0.3 is 0 Å². The smallest absolute Gasteiger partial charge is 0.286 e. The summed E-state index contributed by atoms with van der Waals surface area (Å²) < 4.78 is 41.2. The van der Waals surface area contributed by atoms with E-state index in [-0.39, 0.29) is 21.2 Å². The summed E-state index contributed by atoms with van der Waals surface area (Å²) in [5.41, 5.74) is -0.662. The quantitative estimate of drug-likeness (QED) is 0.452. The Balaban J connectivity index is 1.81. The van der Waals surface area contributed by atoms with Crippen LogP contribution in [-0.4, -0.2) is 31.5 Å². The van der Waals surface area contributed by atoms with Gasteiger partial charge in [0.2, 0.25) is 5.82 Å². The molecular weight excluding hydrogens is 429 g/mol. The van der Waals surface area contributed by atoms with Gasteiger partial charge < -0.3 is 4.57 Å². The number of aryl methyl sites for hydroxylation is 1. The zero-order chi connectivity index (χ0) is 21.1. The maximum atomic E-state index is 13.7. The molecule has 3 heterocycles. The summed E-state index contributed by atoms with van der Waals surface area (Å²) in [6.07, 6.45) is -0.575. The van der Waals surface area contributed by atoms with Gasteiger partial charge in [0.25, 0.3) is 12.0 Å². The van der Waals surface area contributed by atoms with Gasteiger partial charge in [0.1, 0.15) is 10.7 Å². The highest BCUT2D eigenvalue weighted by Gasteiger charge is 2.16. The van der Waals surface area contributed by atoms with E-state index in [1.807, 2.05) is 0 Å². The maximum Gasteiger partial charge on any atom is 0.286 e. The van der Waals surface area contributed by atoms with Crippen LogP contribution in [0.1, 0.15) is 26.6 Å². The lowest BCUT2D eigenvalue weighted by molar-refractivity contribution is 0.0996. The first kappa shape index (κ1) is 20.8. The third-order valence-electron chi connectivity index (χ3n) is 3.67. The molecule has 3 aromatic heterocycles. The molecule has 0 spiro atoms. The number of rotatable bonds is 5. The molecule has 0 aliphatic carbocycles. The molecule has 0 N–H and O–H groups in total. The van der Waals surface area contributed by atoms with Crippen LogP contribution >= 0.6 is 22.9 Å². The number of thiophene rings is 1. The number of halogens is 4. The highest BCUT2D eigenvalue weighted by molar-refractivity contribution is 7.18. The van der Waals surface area contributed by atoms with Crippen LogP contribution in [-0.2, 0) is 20.0 Å². The van der Waals surface area contributed by atoms with E-state index in [0.29, 0.717) is 16.0 Å². The van der Waals surface area contributed by atoms with Gasteiger partial charge in [-0.15, -0.1) is 16.4 Å². The number of carbonyl (C=O) groups excluding carboxylic acids is 1. The first-order chi connectivity index (χ1) is 13.7. The largest absolute Gasteiger partial charge is 0.307 e. The summed E-state index contributed by atoms with van der Waals surface area (Å²) in [7, 11) is 1.69. The molecule has 0 aliphatic heterocycles. The lowest BCUT2D eigenvalue weighted by Crippen LogP contribution is -2.26. The zero-order valence-corrected chi connectivity index (χ0v) is 16.4. The van der Waals surface area contributed by atoms with Gasteiger partial charge in [-0.3, -0.25) is 14.3 Å². The lowest BCUT2D eigenvalue weighted by Gasteiger charge is -2.08. The van der Waals surface area contributed by atoms with E-state index in [2.05, 4.69) is 21.9 Å². The molecule has 0 saturated carbocycles. The standard InChI is InChI=1S/C18H12ClF3N4O2S/c1-25-9-23-16(24-25)3-2-11-6-14(29-17(11)19)13(27)5-10-4-12(20)18(28)26(7-10)8-15(21)22/h4,6-7,9,15H,5,8H2,1H3. The molecule has 0 aromatic carbocycles. The fourth-order valence-corrected chi connectivity index (χ4v) is 3.55. The number of pyridine rings is 1. The van der Waals surface area contributed by atoms with Crippen LogP contribution < -0.4 is 5.56 Å². The van der Waals surface area contributed by atoms with Gasteiger partial charge in [-0.1, -0.05) is 17.5 Å². The summed E-state index contributed by atoms with van der Waals surface area (Å²) in [6, 6.07) is 2.35. The Morgan fingerprint density at radius 3 is 2.76 bits per heavy atom. The molecule has 0 radical (unpaired) electrons. The topological polar surface area (TPSA) is 69.8 Å². The van der Waals surface area contributed by atoms with E-state index in [1.165, 1.54) is 17.1 Å². The number of hydrogen-bond donors (Lipinski definition) is 0.